The molecule has 0 spiro atoms. The summed E-state index contributed by atoms with van der Waals surface area (Å²) >= 11 is 1.68. The van der Waals surface area contributed by atoms with Crippen LogP contribution in [0.15, 0.2) is 18.2 Å². The van der Waals surface area contributed by atoms with E-state index >= 15 is 0 Å². The molecule has 1 saturated heterocycles. The minimum absolute atomic E-state index is 0.109. The van der Waals surface area contributed by atoms with Gasteiger partial charge in [-0.1, -0.05) is 6.07 Å². The van der Waals surface area contributed by atoms with Crippen LogP contribution in [0.1, 0.15) is 16.8 Å². The molecule has 4 heteroatoms. The highest BCUT2D eigenvalue weighted by Gasteiger charge is 2.26. The van der Waals surface area contributed by atoms with Crippen molar-refractivity contribution in [1.82, 2.24) is 0 Å². The van der Waals surface area contributed by atoms with Crippen molar-refractivity contribution in [1.29, 1.82) is 0 Å². The molecular weight excluding hydrogens is 218 g/mol. The van der Waals surface area contributed by atoms with Gasteiger partial charge in [0.1, 0.15) is 0 Å². The Morgan fingerprint density at radius 2 is 2.20 bits per heavy atom. The van der Waals surface area contributed by atoms with Crippen LogP contribution in [0.2, 0.25) is 0 Å². The Morgan fingerprint density at radius 1 is 1.40 bits per heavy atom. The maximum atomic E-state index is 13.3. The molecule has 1 unspecified atom stereocenters. The number of rotatable bonds is 2. The Labute approximate surface area is 90.9 Å². The van der Waals surface area contributed by atoms with E-state index in [0.29, 0.717) is 0 Å². The van der Waals surface area contributed by atoms with Crippen LogP contribution in [0.25, 0.3) is 0 Å². The van der Waals surface area contributed by atoms with Crippen LogP contribution in [-0.2, 0) is 0 Å². The van der Waals surface area contributed by atoms with Gasteiger partial charge in [-0.15, -0.1) is 0 Å². The minimum Gasteiger partial charge on any atom is -0.294 e. The van der Waals surface area contributed by atoms with E-state index in [1.54, 1.807) is 11.8 Å². The topological polar surface area (TPSA) is 17.1 Å². The zero-order valence-electron chi connectivity index (χ0n) is 8.00. The zero-order chi connectivity index (χ0) is 10.8. The van der Waals surface area contributed by atoms with Gasteiger partial charge in [-0.2, -0.15) is 11.8 Å². The lowest BCUT2D eigenvalue weighted by molar-refractivity contribution is 0.0928. The van der Waals surface area contributed by atoms with Gasteiger partial charge in [-0.25, -0.2) is 8.78 Å². The summed E-state index contributed by atoms with van der Waals surface area (Å²) in [5, 5.41) is 0. The van der Waals surface area contributed by atoms with E-state index < -0.39 is 11.6 Å². The first-order valence-electron chi connectivity index (χ1n) is 4.76. The number of thioether (sulfide) groups is 1. The molecule has 0 amide bonds. The maximum absolute atomic E-state index is 13.3. The molecule has 0 N–H and O–H groups in total. The van der Waals surface area contributed by atoms with Crippen molar-refractivity contribution in [2.24, 2.45) is 5.92 Å². The summed E-state index contributed by atoms with van der Waals surface area (Å²) in [6.07, 6.45) is 0.763. The summed E-state index contributed by atoms with van der Waals surface area (Å²) in [4.78, 5) is 11.8. The predicted octanol–water partition coefficient (Wildman–Crippen LogP) is 2.90. The quantitative estimate of drug-likeness (QED) is 0.724. The number of hydrogen-bond acceptors (Lipinski definition) is 2. The molecule has 80 valence electrons. The molecule has 1 aromatic carbocycles. The van der Waals surface area contributed by atoms with Gasteiger partial charge < -0.3 is 0 Å². The molecule has 1 aromatic rings. The first-order chi connectivity index (χ1) is 7.20. The van der Waals surface area contributed by atoms with Crippen molar-refractivity contribution in [2.45, 2.75) is 6.42 Å². The third-order valence-corrected chi connectivity index (χ3v) is 3.68. The molecule has 1 fully saturated rings. The summed E-state index contributed by atoms with van der Waals surface area (Å²) in [5.41, 5.74) is -0.109. The Kier molecular flexibility index (Phi) is 3.05. The maximum Gasteiger partial charge on any atom is 0.169 e. The Hall–Kier alpha value is -0.900. The van der Waals surface area contributed by atoms with E-state index in [0.717, 1.165) is 24.0 Å². The summed E-state index contributed by atoms with van der Waals surface area (Å²) in [7, 11) is 0. The lowest BCUT2D eigenvalue weighted by Gasteiger charge is -2.08. The largest absolute Gasteiger partial charge is 0.294 e. The zero-order valence-corrected chi connectivity index (χ0v) is 8.82. The predicted molar refractivity (Wildman–Crippen MR) is 56.1 cm³/mol. The van der Waals surface area contributed by atoms with Gasteiger partial charge in [-0.3, -0.25) is 4.79 Å². The van der Waals surface area contributed by atoms with Gasteiger partial charge in [0, 0.05) is 11.7 Å². The first kappa shape index (κ1) is 10.6. The average Bonchev–Trinajstić information content (AvgIpc) is 2.74. The number of Topliss-reactive ketones (excluding diaryl/α,β-unsaturated/α-hetero) is 1. The van der Waals surface area contributed by atoms with Gasteiger partial charge >= 0.3 is 0 Å². The summed E-state index contributed by atoms with van der Waals surface area (Å²) in [6.45, 7) is 0. The monoisotopic (exact) mass is 228 g/mol. The van der Waals surface area contributed by atoms with Crippen LogP contribution in [0.4, 0.5) is 8.78 Å². The smallest absolute Gasteiger partial charge is 0.169 e. The van der Waals surface area contributed by atoms with Gasteiger partial charge in [0.05, 0.1) is 5.56 Å². The fourth-order valence-electron chi connectivity index (χ4n) is 1.66. The standard InChI is InChI=1S/C11H10F2OS/c12-9-3-1-2-8(10(9)13)11(14)7-4-5-15-6-7/h1-3,7H,4-6H2. The molecular formula is C11H10F2OS. The van der Waals surface area contributed by atoms with Crippen LogP contribution in [0.3, 0.4) is 0 Å². The second-order valence-corrected chi connectivity index (χ2v) is 4.68. The molecule has 0 aromatic heterocycles. The lowest BCUT2D eigenvalue weighted by atomic mass is 9.97. The second kappa shape index (κ2) is 4.31. The van der Waals surface area contributed by atoms with Gasteiger partial charge in [-0.05, 0) is 24.3 Å². The summed E-state index contributed by atoms with van der Waals surface area (Å²) in [6, 6.07) is 3.74. The number of carbonyl (C=O) groups excluding carboxylic acids is 1. The van der Waals surface area contributed by atoms with E-state index in [4.69, 9.17) is 0 Å². The molecule has 0 radical (unpaired) electrons. The Bertz CT molecular complexity index is 386. The normalized spacial score (nSPS) is 20.5. The lowest BCUT2D eigenvalue weighted by Crippen LogP contribution is -2.16. The van der Waals surface area contributed by atoms with Crippen molar-refractivity contribution < 1.29 is 13.6 Å². The Balaban J connectivity index is 2.28. The van der Waals surface area contributed by atoms with E-state index in [9.17, 15) is 13.6 Å². The van der Waals surface area contributed by atoms with E-state index in [1.807, 2.05) is 0 Å². The van der Waals surface area contributed by atoms with Crippen molar-refractivity contribution in [2.75, 3.05) is 11.5 Å². The molecule has 15 heavy (non-hydrogen) atoms. The molecule has 0 bridgehead atoms. The summed E-state index contributed by atoms with van der Waals surface area (Å²) in [5.74, 6) is -0.739. The molecule has 1 nitrogen and oxygen atoms in total. The number of carbonyl (C=O) groups is 1. The van der Waals surface area contributed by atoms with E-state index in [1.165, 1.54) is 12.1 Å². The van der Waals surface area contributed by atoms with Crippen molar-refractivity contribution in [3.05, 3.63) is 35.4 Å². The highest BCUT2D eigenvalue weighted by Crippen LogP contribution is 2.27. The highest BCUT2D eigenvalue weighted by atomic mass is 32.2. The second-order valence-electron chi connectivity index (χ2n) is 3.53. The molecule has 1 heterocycles. The van der Waals surface area contributed by atoms with Crippen LogP contribution in [0, 0.1) is 17.6 Å². The highest BCUT2D eigenvalue weighted by molar-refractivity contribution is 7.99. The van der Waals surface area contributed by atoms with Crippen LogP contribution in [-0.4, -0.2) is 17.3 Å². The molecule has 1 aliphatic rings. The van der Waals surface area contributed by atoms with Crippen molar-refractivity contribution >= 4 is 17.5 Å². The van der Waals surface area contributed by atoms with E-state index in [-0.39, 0.29) is 17.3 Å². The number of hydrogen-bond donors (Lipinski definition) is 0. The Morgan fingerprint density at radius 3 is 2.87 bits per heavy atom. The molecule has 1 aliphatic heterocycles. The summed E-state index contributed by atoms with van der Waals surface area (Å²) < 4.78 is 26.2. The first-order valence-corrected chi connectivity index (χ1v) is 5.91. The third-order valence-electron chi connectivity index (χ3n) is 2.52. The van der Waals surface area contributed by atoms with Crippen LogP contribution in [0.5, 0.6) is 0 Å². The molecule has 0 saturated carbocycles. The number of halogens is 2. The van der Waals surface area contributed by atoms with Crippen molar-refractivity contribution in [3.63, 3.8) is 0 Å². The van der Waals surface area contributed by atoms with E-state index in [2.05, 4.69) is 0 Å². The average molecular weight is 228 g/mol. The van der Waals surface area contributed by atoms with Gasteiger partial charge in [0.25, 0.3) is 0 Å². The van der Waals surface area contributed by atoms with Gasteiger partial charge in [0.2, 0.25) is 0 Å². The molecule has 0 aliphatic carbocycles. The molecule has 2 rings (SSSR count). The SMILES string of the molecule is O=C(c1cccc(F)c1F)C1CCSC1. The van der Waals surface area contributed by atoms with Crippen LogP contribution >= 0.6 is 11.8 Å². The fourth-order valence-corrected chi connectivity index (χ4v) is 2.88. The number of ketones is 1. The molecule has 1 atom stereocenters. The van der Waals surface area contributed by atoms with Crippen LogP contribution < -0.4 is 0 Å². The fraction of sp³-hybridized carbons (Fsp3) is 0.364. The van der Waals surface area contributed by atoms with Gasteiger partial charge in [0.15, 0.2) is 17.4 Å². The number of benzene rings is 1. The van der Waals surface area contributed by atoms with Crippen molar-refractivity contribution in [3.8, 4) is 0 Å². The third kappa shape index (κ3) is 2.04. The minimum atomic E-state index is -1.01.